The minimum atomic E-state index is -0.362. The fourth-order valence-corrected chi connectivity index (χ4v) is 5.97. The fourth-order valence-electron chi connectivity index (χ4n) is 5.17. The highest BCUT2D eigenvalue weighted by molar-refractivity contribution is 7.09. The molecule has 1 atom stereocenters. The van der Waals surface area contributed by atoms with Gasteiger partial charge in [-0.15, -0.1) is 0 Å². The van der Waals surface area contributed by atoms with Gasteiger partial charge < -0.3 is 15.1 Å². The van der Waals surface area contributed by atoms with E-state index < -0.39 is 0 Å². The van der Waals surface area contributed by atoms with Gasteiger partial charge in [0.1, 0.15) is 17.7 Å². The third kappa shape index (κ3) is 4.83. The minimum Gasteiger partial charge on any atom is -0.371 e. The zero-order chi connectivity index (χ0) is 23.7. The first-order valence-electron chi connectivity index (χ1n) is 12.7. The summed E-state index contributed by atoms with van der Waals surface area (Å²) in [4.78, 5) is 22.2. The number of anilines is 2. The van der Waals surface area contributed by atoms with Crippen molar-refractivity contribution in [2.45, 2.75) is 76.8 Å². The number of piperidine rings is 1. The number of hydrogen-bond acceptors (Lipinski definition) is 6. The van der Waals surface area contributed by atoms with Crippen molar-refractivity contribution in [2.24, 2.45) is 0 Å². The molecule has 1 aromatic carbocycles. The van der Waals surface area contributed by atoms with Crippen LogP contribution in [0.1, 0.15) is 76.1 Å². The summed E-state index contributed by atoms with van der Waals surface area (Å²) in [6.45, 7) is 6.63. The number of carbonyl (C=O) groups is 1. The predicted molar refractivity (Wildman–Crippen MR) is 136 cm³/mol. The molecular formula is C26H34FN5OS. The highest BCUT2D eigenvalue weighted by atomic mass is 32.1. The number of aromatic nitrogens is 2. The zero-order valence-corrected chi connectivity index (χ0v) is 20.9. The second kappa shape index (κ2) is 10.0. The molecule has 2 saturated heterocycles. The first-order valence-corrected chi connectivity index (χ1v) is 13.5. The lowest BCUT2D eigenvalue weighted by Gasteiger charge is -2.36. The molecule has 1 amide bonds. The molecule has 182 valence electrons. The number of likely N-dealkylation sites (tertiary alicyclic amines) is 1. The maximum Gasteiger partial charge on any atom is 0.245 e. The van der Waals surface area contributed by atoms with Crippen LogP contribution < -0.4 is 10.2 Å². The second-order valence-corrected chi connectivity index (χ2v) is 10.4. The van der Waals surface area contributed by atoms with E-state index in [4.69, 9.17) is 4.98 Å². The molecule has 3 fully saturated rings. The molecule has 2 aliphatic heterocycles. The van der Waals surface area contributed by atoms with Crippen molar-refractivity contribution in [3.05, 3.63) is 41.5 Å². The fraction of sp³-hybridized carbons (Fsp3) is 0.577. The van der Waals surface area contributed by atoms with Crippen molar-refractivity contribution in [1.29, 1.82) is 0 Å². The van der Waals surface area contributed by atoms with Gasteiger partial charge in [-0.25, -0.2) is 9.37 Å². The summed E-state index contributed by atoms with van der Waals surface area (Å²) in [7, 11) is 0. The van der Waals surface area contributed by atoms with E-state index in [0.29, 0.717) is 18.0 Å². The number of hydrogen-bond donors (Lipinski definition) is 1. The molecule has 0 spiro atoms. The van der Waals surface area contributed by atoms with Gasteiger partial charge in [0.15, 0.2) is 0 Å². The van der Waals surface area contributed by atoms with E-state index >= 15 is 0 Å². The summed E-state index contributed by atoms with van der Waals surface area (Å²) in [5.41, 5.74) is 2.48. The Morgan fingerprint density at radius 2 is 2.00 bits per heavy atom. The van der Waals surface area contributed by atoms with Crippen LogP contribution >= 0.6 is 11.5 Å². The molecule has 0 unspecified atom stereocenters. The molecule has 0 bridgehead atoms. The first kappa shape index (κ1) is 23.3. The third-order valence-corrected chi connectivity index (χ3v) is 8.12. The van der Waals surface area contributed by atoms with Gasteiger partial charge in [0, 0.05) is 43.1 Å². The van der Waals surface area contributed by atoms with E-state index in [1.54, 1.807) is 12.1 Å². The number of nitrogens with one attached hydrogen (secondary N) is 1. The molecule has 1 saturated carbocycles. The maximum absolute atomic E-state index is 14.8. The predicted octanol–water partition coefficient (Wildman–Crippen LogP) is 5.44. The standard InChI is InChI=1S/C26H34FN5OS/c1-3-5-17(4-2)19-8-9-22(21(27)16-19)28-23-12-15-32(25(23)33)20-10-13-31(14-11-20)26-29-24(30-34-26)18-6-7-18/h4,8-9,16,18,20,23,28H,3,5-7,10-15H2,1-2H3/b17-4-/t23-/m0/s1. The SMILES string of the molecule is C/C=C(/CCC)c1ccc(N[C@H]2CCN(C3CCN(c4nc(C5CC5)ns4)CC3)C2=O)c(F)c1. The Kier molecular flexibility index (Phi) is 6.86. The molecule has 1 N–H and O–H groups in total. The van der Waals surface area contributed by atoms with Gasteiger partial charge in [-0.2, -0.15) is 4.37 Å². The molecule has 3 heterocycles. The molecule has 3 aliphatic rings. The van der Waals surface area contributed by atoms with Crippen molar-refractivity contribution in [3.63, 3.8) is 0 Å². The number of nitrogens with zero attached hydrogens (tertiary/aromatic N) is 4. The van der Waals surface area contributed by atoms with Crippen molar-refractivity contribution >= 4 is 33.8 Å². The van der Waals surface area contributed by atoms with E-state index in [9.17, 15) is 9.18 Å². The number of benzene rings is 1. The minimum absolute atomic E-state index is 0.0917. The van der Waals surface area contributed by atoms with E-state index in [-0.39, 0.29) is 23.8 Å². The Morgan fingerprint density at radius 3 is 2.68 bits per heavy atom. The van der Waals surface area contributed by atoms with Gasteiger partial charge in [0.2, 0.25) is 11.0 Å². The van der Waals surface area contributed by atoms with Crippen LogP contribution in [0.5, 0.6) is 0 Å². The van der Waals surface area contributed by atoms with Gasteiger partial charge in [0.25, 0.3) is 0 Å². The molecule has 1 aliphatic carbocycles. The summed E-state index contributed by atoms with van der Waals surface area (Å²) in [6, 6.07) is 5.19. The number of allylic oxidation sites excluding steroid dienone is 2. The van der Waals surface area contributed by atoms with E-state index in [2.05, 4.69) is 21.5 Å². The molecule has 1 aromatic heterocycles. The highest BCUT2D eigenvalue weighted by Crippen LogP contribution is 2.40. The van der Waals surface area contributed by atoms with Crippen molar-refractivity contribution < 1.29 is 9.18 Å². The number of carbonyl (C=O) groups excluding carboxylic acids is 1. The zero-order valence-electron chi connectivity index (χ0n) is 20.1. The Bertz CT molecular complexity index is 1060. The molecule has 8 heteroatoms. The smallest absolute Gasteiger partial charge is 0.245 e. The van der Waals surface area contributed by atoms with Gasteiger partial charge in [-0.05, 0) is 68.7 Å². The van der Waals surface area contributed by atoms with Gasteiger partial charge in [-0.3, -0.25) is 4.79 Å². The number of amides is 1. The molecule has 34 heavy (non-hydrogen) atoms. The van der Waals surface area contributed by atoms with Crippen molar-refractivity contribution in [3.8, 4) is 0 Å². The topological polar surface area (TPSA) is 61.4 Å². The monoisotopic (exact) mass is 483 g/mol. The van der Waals surface area contributed by atoms with Crippen LogP contribution in [0.15, 0.2) is 24.3 Å². The normalized spacial score (nSPS) is 22.0. The molecule has 5 rings (SSSR count). The Labute approximate surface area is 205 Å². The summed E-state index contributed by atoms with van der Waals surface area (Å²) < 4.78 is 19.4. The van der Waals surface area contributed by atoms with Crippen LogP contribution in [-0.4, -0.2) is 51.9 Å². The summed E-state index contributed by atoms with van der Waals surface area (Å²) in [5.74, 6) is 1.39. The van der Waals surface area contributed by atoms with Crippen LogP contribution in [-0.2, 0) is 4.79 Å². The van der Waals surface area contributed by atoms with Crippen LogP contribution in [0.3, 0.4) is 0 Å². The van der Waals surface area contributed by atoms with Crippen LogP contribution in [0.4, 0.5) is 15.2 Å². The summed E-state index contributed by atoms with van der Waals surface area (Å²) in [6.07, 6.45) is 9.01. The quantitative estimate of drug-likeness (QED) is 0.542. The Hall–Kier alpha value is -2.48. The average Bonchev–Trinajstić information content (AvgIpc) is 3.48. The molecule has 0 radical (unpaired) electrons. The second-order valence-electron chi connectivity index (χ2n) is 9.70. The maximum atomic E-state index is 14.8. The van der Waals surface area contributed by atoms with E-state index in [1.165, 1.54) is 24.4 Å². The Morgan fingerprint density at radius 1 is 1.21 bits per heavy atom. The highest BCUT2D eigenvalue weighted by Gasteiger charge is 2.38. The van der Waals surface area contributed by atoms with E-state index in [1.807, 2.05) is 24.0 Å². The van der Waals surface area contributed by atoms with E-state index in [0.717, 1.165) is 67.4 Å². The lowest BCUT2D eigenvalue weighted by Crippen LogP contribution is -2.47. The number of rotatable bonds is 8. The Balaban J connectivity index is 1.16. The molecule has 6 nitrogen and oxygen atoms in total. The van der Waals surface area contributed by atoms with Gasteiger partial charge in [0.05, 0.1) is 5.69 Å². The lowest BCUT2D eigenvalue weighted by molar-refractivity contribution is -0.130. The molecular weight excluding hydrogens is 449 g/mol. The average molecular weight is 484 g/mol. The lowest BCUT2D eigenvalue weighted by atomic mass is 10.0. The van der Waals surface area contributed by atoms with Crippen molar-refractivity contribution in [2.75, 3.05) is 29.9 Å². The third-order valence-electron chi connectivity index (χ3n) is 7.33. The summed E-state index contributed by atoms with van der Waals surface area (Å²) in [5, 5.41) is 4.21. The first-order chi connectivity index (χ1) is 16.6. The van der Waals surface area contributed by atoms with Crippen LogP contribution in [0, 0.1) is 5.82 Å². The largest absolute Gasteiger partial charge is 0.371 e. The van der Waals surface area contributed by atoms with Crippen LogP contribution in [0.2, 0.25) is 0 Å². The van der Waals surface area contributed by atoms with Crippen molar-refractivity contribution in [1.82, 2.24) is 14.3 Å². The van der Waals surface area contributed by atoms with Gasteiger partial charge >= 0.3 is 0 Å². The summed E-state index contributed by atoms with van der Waals surface area (Å²) >= 11 is 1.50. The molecule has 2 aromatic rings. The van der Waals surface area contributed by atoms with Crippen LogP contribution in [0.25, 0.3) is 5.57 Å². The number of halogens is 1. The van der Waals surface area contributed by atoms with Gasteiger partial charge in [-0.1, -0.05) is 25.5 Å².